The summed E-state index contributed by atoms with van der Waals surface area (Å²) in [6, 6.07) is 3.75. The van der Waals surface area contributed by atoms with Crippen molar-refractivity contribution in [3.8, 4) is 11.6 Å². The summed E-state index contributed by atoms with van der Waals surface area (Å²) < 4.78 is 5.23. The molecular weight excluding hydrogens is 216 g/mol. The van der Waals surface area contributed by atoms with E-state index in [-0.39, 0.29) is 6.04 Å². The summed E-state index contributed by atoms with van der Waals surface area (Å²) in [4.78, 5) is 8.58. The highest BCUT2D eigenvalue weighted by atomic mass is 16.5. The molecule has 0 radical (unpaired) electrons. The van der Waals surface area contributed by atoms with Crippen LogP contribution in [-0.4, -0.2) is 15.1 Å². The molecule has 1 unspecified atom stereocenters. The van der Waals surface area contributed by atoms with Crippen molar-refractivity contribution in [3.63, 3.8) is 0 Å². The fraction of sp³-hybridized carbons (Fsp3) is 0.417. The van der Waals surface area contributed by atoms with Gasteiger partial charge in [0.25, 0.3) is 5.89 Å². The fourth-order valence-electron chi connectivity index (χ4n) is 1.84. The number of aromatic nitrogens is 3. The van der Waals surface area contributed by atoms with Crippen molar-refractivity contribution >= 4 is 0 Å². The van der Waals surface area contributed by atoms with Crippen LogP contribution in [0.4, 0.5) is 0 Å². The van der Waals surface area contributed by atoms with Crippen LogP contribution < -0.4 is 5.73 Å². The Hall–Kier alpha value is -1.75. The highest BCUT2D eigenvalue weighted by Gasteiger charge is 2.32. The number of aryl methyl sites for hydroxylation is 1. The van der Waals surface area contributed by atoms with Crippen LogP contribution >= 0.6 is 0 Å². The predicted octanol–water partition coefficient (Wildman–Crippen LogP) is 1.85. The predicted molar refractivity (Wildman–Crippen MR) is 61.9 cm³/mol. The zero-order chi connectivity index (χ0) is 11.8. The molecule has 2 aromatic rings. The van der Waals surface area contributed by atoms with Gasteiger partial charge in [0.05, 0.1) is 6.04 Å². The molecule has 0 spiro atoms. The van der Waals surface area contributed by atoms with Gasteiger partial charge in [0.15, 0.2) is 5.82 Å². The molecule has 0 aromatic carbocycles. The summed E-state index contributed by atoms with van der Waals surface area (Å²) >= 11 is 0. The molecule has 2 N–H and O–H groups in total. The molecule has 1 aliphatic rings. The third-order valence-corrected chi connectivity index (χ3v) is 3.08. The molecule has 2 aromatic heterocycles. The number of nitrogens with two attached hydrogens (primary N) is 1. The standard InChI is InChI=1S/C12H14N4O/c1-7-3-2-6-14-10(7)12-15-11(16-17-12)9(13)8-4-5-8/h2-3,6,8-9H,4-5,13H2,1H3. The molecule has 0 saturated heterocycles. The minimum Gasteiger partial charge on any atom is -0.332 e. The molecule has 88 valence electrons. The molecule has 1 saturated carbocycles. The van der Waals surface area contributed by atoms with Gasteiger partial charge in [-0.15, -0.1) is 0 Å². The molecule has 0 amide bonds. The Kier molecular flexibility index (Phi) is 2.40. The van der Waals surface area contributed by atoms with E-state index in [4.69, 9.17) is 10.3 Å². The second kappa shape index (κ2) is 3.92. The van der Waals surface area contributed by atoms with Gasteiger partial charge in [0.1, 0.15) is 5.69 Å². The van der Waals surface area contributed by atoms with Crippen molar-refractivity contribution in [1.29, 1.82) is 0 Å². The molecular formula is C12H14N4O. The smallest absolute Gasteiger partial charge is 0.276 e. The van der Waals surface area contributed by atoms with Gasteiger partial charge >= 0.3 is 0 Å². The maximum atomic E-state index is 6.02. The second-order valence-electron chi connectivity index (χ2n) is 4.49. The van der Waals surface area contributed by atoms with Crippen LogP contribution in [0, 0.1) is 12.8 Å². The van der Waals surface area contributed by atoms with E-state index < -0.39 is 0 Å². The van der Waals surface area contributed by atoms with Crippen LogP contribution in [-0.2, 0) is 0 Å². The zero-order valence-corrected chi connectivity index (χ0v) is 9.63. The van der Waals surface area contributed by atoms with E-state index in [9.17, 15) is 0 Å². The molecule has 2 heterocycles. The Morgan fingerprint density at radius 2 is 2.29 bits per heavy atom. The monoisotopic (exact) mass is 230 g/mol. The first-order valence-electron chi connectivity index (χ1n) is 5.77. The lowest BCUT2D eigenvalue weighted by Crippen LogP contribution is -2.13. The summed E-state index contributed by atoms with van der Waals surface area (Å²) in [6.45, 7) is 1.97. The second-order valence-corrected chi connectivity index (χ2v) is 4.49. The minimum atomic E-state index is -0.100. The van der Waals surface area contributed by atoms with Crippen molar-refractivity contribution in [1.82, 2.24) is 15.1 Å². The quantitative estimate of drug-likeness (QED) is 0.870. The van der Waals surface area contributed by atoms with Gasteiger partial charge < -0.3 is 10.3 Å². The highest BCUT2D eigenvalue weighted by Crippen LogP contribution is 2.38. The van der Waals surface area contributed by atoms with E-state index in [1.807, 2.05) is 19.1 Å². The first kappa shape index (κ1) is 10.4. The van der Waals surface area contributed by atoms with Gasteiger partial charge in [-0.05, 0) is 37.3 Å². The average molecular weight is 230 g/mol. The molecule has 0 bridgehead atoms. The van der Waals surface area contributed by atoms with Crippen LogP contribution in [0.15, 0.2) is 22.9 Å². The first-order chi connectivity index (χ1) is 8.25. The molecule has 3 rings (SSSR count). The molecule has 1 aliphatic carbocycles. The number of rotatable bonds is 3. The number of hydrogen-bond acceptors (Lipinski definition) is 5. The van der Waals surface area contributed by atoms with Crippen molar-refractivity contribution < 1.29 is 4.52 Å². The minimum absolute atomic E-state index is 0.100. The number of hydrogen-bond donors (Lipinski definition) is 1. The maximum absolute atomic E-state index is 6.02. The van der Waals surface area contributed by atoms with Gasteiger partial charge in [-0.1, -0.05) is 11.2 Å². The summed E-state index contributed by atoms with van der Waals surface area (Å²) in [7, 11) is 0. The van der Waals surface area contributed by atoms with E-state index in [1.54, 1.807) is 6.20 Å². The van der Waals surface area contributed by atoms with E-state index >= 15 is 0 Å². The molecule has 1 atom stereocenters. The van der Waals surface area contributed by atoms with Gasteiger partial charge in [0, 0.05) is 6.20 Å². The summed E-state index contributed by atoms with van der Waals surface area (Å²) in [6.07, 6.45) is 4.04. The fourth-order valence-corrected chi connectivity index (χ4v) is 1.84. The van der Waals surface area contributed by atoms with Gasteiger partial charge in [0.2, 0.25) is 0 Å². The first-order valence-corrected chi connectivity index (χ1v) is 5.77. The Morgan fingerprint density at radius 1 is 1.47 bits per heavy atom. The zero-order valence-electron chi connectivity index (χ0n) is 9.63. The van der Waals surface area contributed by atoms with Crippen LogP contribution in [0.3, 0.4) is 0 Å². The van der Waals surface area contributed by atoms with E-state index in [0.717, 1.165) is 24.1 Å². The summed E-state index contributed by atoms with van der Waals surface area (Å²) in [5.74, 6) is 1.56. The molecule has 5 nitrogen and oxygen atoms in total. The van der Waals surface area contributed by atoms with E-state index in [1.165, 1.54) is 0 Å². The third kappa shape index (κ3) is 1.93. The lowest BCUT2D eigenvalue weighted by Gasteiger charge is -2.02. The van der Waals surface area contributed by atoms with E-state index in [0.29, 0.717) is 17.6 Å². The van der Waals surface area contributed by atoms with Crippen molar-refractivity contribution in [3.05, 3.63) is 29.7 Å². The van der Waals surface area contributed by atoms with Crippen molar-refractivity contribution in [2.45, 2.75) is 25.8 Å². The average Bonchev–Trinajstić information content (AvgIpc) is 3.07. The SMILES string of the molecule is Cc1cccnc1-c1nc(C(N)C2CC2)no1. The lowest BCUT2D eigenvalue weighted by atomic mass is 10.2. The Labute approximate surface area is 99.1 Å². The molecule has 0 aliphatic heterocycles. The Morgan fingerprint density at radius 3 is 3.00 bits per heavy atom. The van der Waals surface area contributed by atoms with Crippen molar-refractivity contribution in [2.75, 3.05) is 0 Å². The summed E-state index contributed by atoms with van der Waals surface area (Å²) in [5.41, 5.74) is 7.77. The maximum Gasteiger partial charge on any atom is 0.276 e. The normalized spacial score (nSPS) is 17.1. The van der Waals surface area contributed by atoms with Crippen molar-refractivity contribution in [2.24, 2.45) is 11.7 Å². The molecule has 5 heteroatoms. The Bertz CT molecular complexity index is 533. The van der Waals surface area contributed by atoms with Gasteiger partial charge in [-0.25, -0.2) is 0 Å². The van der Waals surface area contributed by atoms with Crippen LogP contribution in [0.5, 0.6) is 0 Å². The number of nitrogens with zero attached hydrogens (tertiary/aromatic N) is 3. The highest BCUT2D eigenvalue weighted by molar-refractivity contribution is 5.51. The van der Waals surface area contributed by atoms with Gasteiger partial charge in [-0.3, -0.25) is 4.98 Å². The Balaban J connectivity index is 1.92. The van der Waals surface area contributed by atoms with Crippen LogP contribution in [0.25, 0.3) is 11.6 Å². The summed E-state index contributed by atoms with van der Waals surface area (Å²) in [5, 5.41) is 3.94. The molecule has 1 fully saturated rings. The van der Waals surface area contributed by atoms with E-state index in [2.05, 4.69) is 15.1 Å². The third-order valence-electron chi connectivity index (χ3n) is 3.08. The largest absolute Gasteiger partial charge is 0.332 e. The lowest BCUT2D eigenvalue weighted by molar-refractivity contribution is 0.410. The van der Waals surface area contributed by atoms with Crippen LogP contribution in [0.1, 0.15) is 30.3 Å². The van der Waals surface area contributed by atoms with Crippen LogP contribution in [0.2, 0.25) is 0 Å². The number of pyridine rings is 1. The topological polar surface area (TPSA) is 77.8 Å². The van der Waals surface area contributed by atoms with Gasteiger partial charge in [-0.2, -0.15) is 4.98 Å². The molecule has 17 heavy (non-hydrogen) atoms.